The molecule has 1 N–H and O–H groups in total. The number of nitrogens with one attached hydrogen (secondary N) is 1. The molecule has 0 radical (unpaired) electrons. The molecule has 0 aromatic heterocycles. The van der Waals surface area contributed by atoms with Crippen LogP contribution < -0.4 is 5.32 Å². The standard InChI is InChI=1S/C15H22N2O3S/c1-17(12-13-6-4-3-5-7-13)14(18)15(21(2,19)20)8-10-16-11-9-15/h3-7,16H,8-12H2,1-2H3. The zero-order valence-corrected chi connectivity index (χ0v) is 13.3. The fourth-order valence-electron chi connectivity index (χ4n) is 2.85. The maximum atomic E-state index is 12.8. The predicted octanol–water partition coefficient (Wildman–Crippen LogP) is 0.812. The summed E-state index contributed by atoms with van der Waals surface area (Å²) < 4.78 is 23.2. The minimum Gasteiger partial charge on any atom is -0.340 e. The third kappa shape index (κ3) is 3.27. The highest BCUT2D eigenvalue weighted by molar-refractivity contribution is 7.92. The molecular formula is C15H22N2O3S. The zero-order valence-electron chi connectivity index (χ0n) is 12.5. The van der Waals surface area contributed by atoms with Crippen LogP contribution in [0.4, 0.5) is 0 Å². The van der Waals surface area contributed by atoms with Gasteiger partial charge in [0, 0.05) is 19.8 Å². The molecule has 2 rings (SSSR count). The first-order chi connectivity index (χ1) is 9.87. The lowest BCUT2D eigenvalue weighted by Gasteiger charge is -2.37. The van der Waals surface area contributed by atoms with Gasteiger partial charge in [0.2, 0.25) is 5.91 Å². The summed E-state index contributed by atoms with van der Waals surface area (Å²) in [6, 6.07) is 9.59. The minimum absolute atomic E-state index is 0.296. The van der Waals surface area contributed by atoms with Crippen LogP contribution in [0.3, 0.4) is 0 Å². The average Bonchev–Trinajstić information content (AvgIpc) is 2.47. The van der Waals surface area contributed by atoms with Crippen LogP contribution in [0.25, 0.3) is 0 Å². The van der Waals surface area contributed by atoms with Crippen molar-refractivity contribution >= 4 is 15.7 Å². The molecule has 0 aliphatic carbocycles. The van der Waals surface area contributed by atoms with E-state index in [9.17, 15) is 13.2 Å². The quantitative estimate of drug-likeness (QED) is 0.894. The van der Waals surface area contributed by atoms with Crippen molar-refractivity contribution in [2.75, 3.05) is 26.4 Å². The number of hydrogen-bond acceptors (Lipinski definition) is 4. The van der Waals surface area contributed by atoms with Gasteiger partial charge in [-0.3, -0.25) is 4.79 Å². The Labute approximate surface area is 126 Å². The lowest BCUT2D eigenvalue weighted by Crippen LogP contribution is -2.57. The second kappa shape index (κ2) is 6.15. The molecule has 5 nitrogen and oxygen atoms in total. The highest BCUT2D eigenvalue weighted by Crippen LogP contribution is 2.30. The fraction of sp³-hybridized carbons (Fsp3) is 0.533. The first-order valence-electron chi connectivity index (χ1n) is 7.07. The Kier molecular flexibility index (Phi) is 4.68. The molecule has 6 heteroatoms. The number of carbonyl (C=O) groups excluding carboxylic acids is 1. The van der Waals surface area contributed by atoms with Crippen molar-refractivity contribution in [1.29, 1.82) is 0 Å². The average molecular weight is 310 g/mol. The molecule has 0 atom stereocenters. The van der Waals surface area contributed by atoms with Gasteiger partial charge in [-0.1, -0.05) is 30.3 Å². The van der Waals surface area contributed by atoms with Crippen molar-refractivity contribution in [3.8, 4) is 0 Å². The van der Waals surface area contributed by atoms with Gasteiger partial charge in [-0.15, -0.1) is 0 Å². The van der Waals surface area contributed by atoms with Crippen LogP contribution in [0.15, 0.2) is 30.3 Å². The van der Waals surface area contributed by atoms with E-state index in [-0.39, 0.29) is 5.91 Å². The number of rotatable bonds is 4. The Balaban J connectivity index is 2.22. The third-order valence-corrected chi connectivity index (χ3v) is 6.12. The number of carbonyl (C=O) groups is 1. The van der Waals surface area contributed by atoms with Gasteiger partial charge < -0.3 is 10.2 Å². The lowest BCUT2D eigenvalue weighted by atomic mass is 9.95. The summed E-state index contributed by atoms with van der Waals surface area (Å²) in [5, 5.41) is 3.12. The maximum absolute atomic E-state index is 12.8. The number of benzene rings is 1. The Morgan fingerprint density at radius 3 is 2.33 bits per heavy atom. The van der Waals surface area contributed by atoms with E-state index < -0.39 is 14.6 Å². The molecule has 1 amide bonds. The molecule has 1 aliphatic rings. The number of sulfone groups is 1. The lowest BCUT2D eigenvalue weighted by molar-refractivity contribution is -0.134. The van der Waals surface area contributed by atoms with E-state index in [0.29, 0.717) is 32.5 Å². The largest absolute Gasteiger partial charge is 0.340 e. The summed E-state index contributed by atoms with van der Waals surface area (Å²) in [5.41, 5.74) is 0.992. The van der Waals surface area contributed by atoms with E-state index in [1.54, 1.807) is 7.05 Å². The van der Waals surface area contributed by atoms with Crippen LogP contribution in [0.2, 0.25) is 0 Å². The molecule has 1 fully saturated rings. The summed E-state index contributed by atoms with van der Waals surface area (Å²) in [4.78, 5) is 14.3. The summed E-state index contributed by atoms with van der Waals surface area (Å²) in [7, 11) is -1.78. The van der Waals surface area contributed by atoms with Crippen molar-refractivity contribution < 1.29 is 13.2 Å². The van der Waals surface area contributed by atoms with Gasteiger partial charge in [0.15, 0.2) is 14.6 Å². The van der Waals surface area contributed by atoms with Crippen molar-refractivity contribution in [1.82, 2.24) is 10.2 Å². The van der Waals surface area contributed by atoms with Crippen LogP contribution >= 0.6 is 0 Å². The highest BCUT2D eigenvalue weighted by atomic mass is 32.2. The summed E-state index contributed by atoms with van der Waals surface area (Å²) >= 11 is 0. The van der Waals surface area contributed by atoms with Gasteiger partial charge in [0.25, 0.3) is 0 Å². The molecular weight excluding hydrogens is 288 g/mol. The second-order valence-electron chi connectivity index (χ2n) is 5.66. The Morgan fingerprint density at radius 2 is 1.81 bits per heavy atom. The summed E-state index contributed by atoms with van der Waals surface area (Å²) in [6.07, 6.45) is 1.85. The van der Waals surface area contributed by atoms with E-state index in [1.807, 2.05) is 30.3 Å². The van der Waals surface area contributed by atoms with E-state index in [4.69, 9.17) is 0 Å². The monoisotopic (exact) mass is 310 g/mol. The molecule has 1 saturated heterocycles. The molecule has 1 aromatic rings. The first kappa shape index (κ1) is 16.0. The van der Waals surface area contributed by atoms with Crippen LogP contribution in [-0.2, 0) is 21.2 Å². The summed E-state index contributed by atoms with van der Waals surface area (Å²) in [5.74, 6) is -0.296. The van der Waals surface area contributed by atoms with E-state index >= 15 is 0 Å². The smallest absolute Gasteiger partial charge is 0.244 e. The van der Waals surface area contributed by atoms with Gasteiger partial charge in [0.05, 0.1) is 0 Å². The van der Waals surface area contributed by atoms with E-state index in [0.717, 1.165) is 5.56 Å². The van der Waals surface area contributed by atoms with Crippen LogP contribution in [-0.4, -0.2) is 50.4 Å². The van der Waals surface area contributed by atoms with Crippen LogP contribution in [0, 0.1) is 0 Å². The highest BCUT2D eigenvalue weighted by Gasteiger charge is 2.49. The predicted molar refractivity (Wildman–Crippen MR) is 82.6 cm³/mol. The third-order valence-electron chi connectivity index (χ3n) is 4.12. The molecule has 116 valence electrons. The Bertz CT molecular complexity index is 593. The Hall–Kier alpha value is -1.40. The van der Waals surface area contributed by atoms with Gasteiger partial charge in [-0.25, -0.2) is 8.42 Å². The Morgan fingerprint density at radius 1 is 1.24 bits per heavy atom. The van der Waals surface area contributed by atoms with Crippen molar-refractivity contribution in [3.63, 3.8) is 0 Å². The second-order valence-corrected chi connectivity index (χ2v) is 7.99. The SMILES string of the molecule is CN(Cc1ccccc1)C(=O)C1(S(C)(=O)=O)CCNCC1. The topological polar surface area (TPSA) is 66.5 Å². The molecule has 1 aromatic carbocycles. The molecule has 0 saturated carbocycles. The van der Waals surface area contributed by atoms with Crippen molar-refractivity contribution in [2.24, 2.45) is 0 Å². The van der Waals surface area contributed by atoms with E-state index in [1.165, 1.54) is 11.2 Å². The zero-order chi connectivity index (χ0) is 15.5. The molecule has 0 bridgehead atoms. The molecule has 1 aliphatic heterocycles. The molecule has 21 heavy (non-hydrogen) atoms. The van der Waals surface area contributed by atoms with Gasteiger partial charge in [0.1, 0.15) is 0 Å². The van der Waals surface area contributed by atoms with Gasteiger partial charge in [-0.2, -0.15) is 0 Å². The van der Waals surface area contributed by atoms with Crippen LogP contribution in [0.1, 0.15) is 18.4 Å². The molecule has 0 spiro atoms. The number of nitrogens with zero attached hydrogens (tertiary/aromatic N) is 1. The fourth-order valence-corrected chi connectivity index (χ4v) is 4.27. The normalized spacial score (nSPS) is 18.2. The summed E-state index contributed by atoms with van der Waals surface area (Å²) in [6.45, 7) is 1.53. The minimum atomic E-state index is -3.46. The van der Waals surface area contributed by atoms with Crippen molar-refractivity contribution in [2.45, 2.75) is 24.1 Å². The molecule has 0 unspecified atom stereocenters. The number of hydrogen-bond donors (Lipinski definition) is 1. The first-order valence-corrected chi connectivity index (χ1v) is 8.96. The van der Waals surface area contributed by atoms with Gasteiger partial charge in [-0.05, 0) is 31.5 Å². The number of amides is 1. The number of piperidine rings is 1. The molecule has 1 heterocycles. The maximum Gasteiger partial charge on any atom is 0.244 e. The van der Waals surface area contributed by atoms with Gasteiger partial charge >= 0.3 is 0 Å². The van der Waals surface area contributed by atoms with E-state index in [2.05, 4.69) is 5.32 Å². The van der Waals surface area contributed by atoms with Crippen molar-refractivity contribution in [3.05, 3.63) is 35.9 Å². The van der Waals surface area contributed by atoms with Crippen LogP contribution in [0.5, 0.6) is 0 Å².